The van der Waals surface area contributed by atoms with Crippen molar-refractivity contribution in [2.75, 3.05) is 83.0 Å². The van der Waals surface area contributed by atoms with Crippen LogP contribution in [0.4, 0.5) is 33.7 Å². The lowest BCUT2D eigenvalue weighted by Crippen LogP contribution is -2.64. The molecule has 16 nitrogen and oxygen atoms in total. The number of nitrogens with one attached hydrogen (secondary N) is 3. The van der Waals surface area contributed by atoms with Crippen LogP contribution in [0.15, 0.2) is 42.6 Å². The van der Waals surface area contributed by atoms with Crippen molar-refractivity contribution in [3.63, 3.8) is 0 Å². The Labute approximate surface area is 328 Å². The first-order chi connectivity index (χ1) is 27.1. The molecular formula is C36H41ClF4N11O5+. The lowest BCUT2D eigenvalue weighted by molar-refractivity contribution is -0.924. The summed E-state index contributed by atoms with van der Waals surface area (Å²) in [6, 6.07) is 7.64. The Morgan fingerprint density at radius 3 is 2.30 bits per heavy atom. The SMILES string of the molecule is NCCC[N+]1(CC(=O)O)CCN(C(=O)N2CCN(C(=O)c3ccc(NC(=O)c4ncc(Cc5c(-c6ccc(N)cc6F)n[nH]c5C(F)(F)F)[nH]4)cc3Cl)CC2)CC1. The summed E-state index contributed by atoms with van der Waals surface area (Å²) < 4.78 is 56.7. The number of imidazole rings is 1. The molecule has 2 aromatic heterocycles. The zero-order chi connectivity index (χ0) is 41.1. The van der Waals surface area contributed by atoms with Crippen LogP contribution >= 0.6 is 11.6 Å². The van der Waals surface area contributed by atoms with Gasteiger partial charge in [-0.15, -0.1) is 0 Å². The third kappa shape index (κ3) is 9.29. The van der Waals surface area contributed by atoms with Crippen molar-refractivity contribution < 1.29 is 46.3 Å². The van der Waals surface area contributed by atoms with Crippen LogP contribution < -0.4 is 16.8 Å². The predicted octanol–water partition coefficient (Wildman–Crippen LogP) is 3.48. The van der Waals surface area contributed by atoms with Crippen LogP contribution in [-0.2, 0) is 17.4 Å². The number of carboxylic acids is 1. The Balaban J connectivity index is 1.04. The summed E-state index contributed by atoms with van der Waals surface area (Å²) in [7, 11) is 0. The molecule has 57 heavy (non-hydrogen) atoms. The highest BCUT2D eigenvalue weighted by molar-refractivity contribution is 6.34. The zero-order valence-electron chi connectivity index (χ0n) is 30.5. The van der Waals surface area contributed by atoms with E-state index in [9.17, 15) is 41.8 Å². The van der Waals surface area contributed by atoms with Crippen LogP contribution in [0.5, 0.6) is 0 Å². The van der Waals surface area contributed by atoms with E-state index in [0.29, 0.717) is 50.2 Å². The number of hydrogen-bond donors (Lipinski definition) is 6. The Hall–Kier alpha value is -5.73. The molecule has 2 aliphatic rings. The minimum absolute atomic E-state index is 0.0207. The highest BCUT2D eigenvalue weighted by Gasteiger charge is 2.39. The number of carbonyl (C=O) groups excluding carboxylic acids is 3. The lowest BCUT2D eigenvalue weighted by Gasteiger charge is -2.45. The molecule has 2 fully saturated rings. The Kier molecular flexibility index (Phi) is 12.0. The number of nitrogens with zero attached hydrogens (tertiary/aromatic N) is 6. The molecule has 0 unspecified atom stereocenters. The van der Waals surface area contributed by atoms with Gasteiger partial charge in [0.15, 0.2) is 12.4 Å². The van der Waals surface area contributed by atoms with Crippen LogP contribution in [0.1, 0.15) is 44.3 Å². The molecule has 0 radical (unpaired) electrons. The molecule has 0 atom stereocenters. The smallest absolute Gasteiger partial charge is 0.433 e. The number of alkyl halides is 3. The van der Waals surface area contributed by atoms with Crippen LogP contribution in [0.3, 0.4) is 0 Å². The highest BCUT2D eigenvalue weighted by Crippen LogP contribution is 2.37. The number of aromatic nitrogens is 4. The number of aromatic amines is 2. The molecule has 2 saturated heterocycles. The number of hydrogen-bond acceptors (Lipinski definition) is 8. The van der Waals surface area contributed by atoms with Crippen LogP contribution in [0.2, 0.25) is 5.02 Å². The Bertz CT molecular complexity index is 2140. The fourth-order valence-corrected chi connectivity index (χ4v) is 7.42. The van der Waals surface area contributed by atoms with Gasteiger partial charge in [0, 0.05) is 73.4 Å². The van der Waals surface area contributed by atoms with Gasteiger partial charge in [-0.25, -0.2) is 19.0 Å². The van der Waals surface area contributed by atoms with Gasteiger partial charge in [-0.2, -0.15) is 18.3 Å². The number of carboxylic acid groups (broad SMARTS) is 1. The van der Waals surface area contributed by atoms with Crippen molar-refractivity contribution in [3.8, 4) is 11.3 Å². The molecule has 8 N–H and O–H groups in total. The maximum Gasteiger partial charge on any atom is 0.433 e. The van der Waals surface area contributed by atoms with Gasteiger partial charge in [-0.3, -0.25) is 14.7 Å². The summed E-state index contributed by atoms with van der Waals surface area (Å²) in [5.41, 5.74) is 9.79. The van der Waals surface area contributed by atoms with Gasteiger partial charge in [0.25, 0.3) is 11.8 Å². The Morgan fingerprint density at radius 1 is 0.982 bits per heavy atom. The second-order valence-electron chi connectivity index (χ2n) is 14.0. The zero-order valence-corrected chi connectivity index (χ0v) is 31.3. The monoisotopic (exact) mass is 818 g/mol. The van der Waals surface area contributed by atoms with E-state index in [1.54, 1.807) is 14.7 Å². The van der Waals surface area contributed by atoms with Crippen LogP contribution in [0, 0.1) is 5.82 Å². The molecule has 6 rings (SSSR count). The van der Waals surface area contributed by atoms with Gasteiger partial charge in [-0.1, -0.05) is 11.6 Å². The van der Waals surface area contributed by atoms with Crippen LogP contribution in [0.25, 0.3) is 11.3 Å². The van der Waals surface area contributed by atoms with Crippen molar-refractivity contribution in [3.05, 3.63) is 81.8 Å². The molecule has 4 heterocycles. The number of amides is 4. The van der Waals surface area contributed by atoms with Crippen molar-refractivity contribution >= 4 is 46.8 Å². The van der Waals surface area contributed by atoms with E-state index in [-0.39, 0.29) is 95.0 Å². The van der Waals surface area contributed by atoms with Gasteiger partial charge in [0.1, 0.15) is 11.5 Å². The molecule has 4 amide bonds. The lowest BCUT2D eigenvalue weighted by atomic mass is 10.0. The number of rotatable bonds is 11. The molecule has 0 spiro atoms. The van der Waals surface area contributed by atoms with E-state index in [4.69, 9.17) is 23.1 Å². The third-order valence-electron chi connectivity index (χ3n) is 10.2. The number of anilines is 2. The molecule has 4 aromatic rings. The quantitative estimate of drug-likeness (QED) is 0.0741. The first-order valence-electron chi connectivity index (χ1n) is 18.0. The van der Waals surface area contributed by atoms with E-state index < -0.39 is 36.0 Å². The van der Waals surface area contributed by atoms with E-state index in [2.05, 4.69) is 20.4 Å². The number of nitrogens with two attached hydrogens (primary N) is 2. The topological polar surface area (TPSA) is 220 Å². The largest absolute Gasteiger partial charge is 0.477 e. The van der Waals surface area contributed by atoms with E-state index >= 15 is 0 Å². The number of H-pyrrole nitrogens is 2. The fraction of sp³-hybridized carbons (Fsp3) is 0.389. The number of aliphatic carboxylic acids is 1. The Morgan fingerprint density at radius 2 is 1.67 bits per heavy atom. The minimum Gasteiger partial charge on any atom is -0.477 e. The predicted molar refractivity (Wildman–Crippen MR) is 200 cm³/mol. The second-order valence-corrected chi connectivity index (χ2v) is 14.4. The second kappa shape index (κ2) is 16.8. The van der Waals surface area contributed by atoms with Gasteiger partial charge in [0.2, 0.25) is 0 Å². The van der Waals surface area contributed by atoms with Gasteiger partial charge in [0.05, 0.1) is 49.0 Å². The molecular weight excluding hydrogens is 778 g/mol. The molecule has 2 aliphatic heterocycles. The molecule has 0 bridgehead atoms. The summed E-state index contributed by atoms with van der Waals surface area (Å²) in [5.74, 6) is -3.11. The first kappa shape index (κ1) is 40.9. The van der Waals surface area contributed by atoms with E-state index in [0.717, 1.165) is 6.07 Å². The highest BCUT2D eigenvalue weighted by atomic mass is 35.5. The first-order valence-corrected chi connectivity index (χ1v) is 18.4. The third-order valence-corrected chi connectivity index (χ3v) is 10.5. The number of benzene rings is 2. The van der Waals surface area contributed by atoms with Crippen molar-refractivity contribution in [2.24, 2.45) is 5.73 Å². The van der Waals surface area contributed by atoms with Crippen LogP contribution in [-0.4, -0.2) is 140 Å². The van der Waals surface area contributed by atoms with E-state index in [1.807, 2.05) is 5.10 Å². The van der Waals surface area contributed by atoms with Gasteiger partial charge < -0.3 is 46.1 Å². The van der Waals surface area contributed by atoms with Gasteiger partial charge in [-0.05, 0) is 42.9 Å². The normalized spacial score (nSPS) is 15.8. The van der Waals surface area contributed by atoms with Crippen molar-refractivity contribution in [1.82, 2.24) is 34.9 Å². The van der Waals surface area contributed by atoms with Crippen molar-refractivity contribution in [1.29, 1.82) is 0 Å². The minimum atomic E-state index is -4.84. The standard InChI is InChI=1S/C36H40ClF4N11O5/c37-27-18-22(46-33(55)32-44-19-23(45-32)17-26-30(47-48-31(26)36(39,40)41)25-4-2-21(43)16-28(25)38)3-5-24(27)34(56)49-7-9-50(10-8-49)35(57)51-11-14-52(15-12-51,13-1-6-42)20-29(53)54/h2-5,16,18-19H,1,6-15,17,20,42H2,(H5-,43,44,45,46,47,48,53,54,55,56)/p+1. The summed E-state index contributed by atoms with van der Waals surface area (Å²) in [6.07, 6.45) is -3.41. The number of nitrogen functional groups attached to an aromatic ring is 1. The van der Waals surface area contributed by atoms with Crippen molar-refractivity contribution in [2.45, 2.75) is 19.0 Å². The molecule has 21 heteroatoms. The molecule has 304 valence electrons. The summed E-state index contributed by atoms with van der Waals surface area (Å²) in [4.78, 5) is 63.0. The number of carbonyl (C=O) groups is 4. The maximum atomic E-state index is 14.7. The molecule has 2 aromatic carbocycles. The summed E-state index contributed by atoms with van der Waals surface area (Å²) >= 11 is 6.49. The summed E-state index contributed by atoms with van der Waals surface area (Å²) in [6.45, 7) is 4.02. The number of quaternary nitrogens is 1. The molecule has 0 aliphatic carbocycles. The average molecular weight is 819 g/mol. The summed E-state index contributed by atoms with van der Waals surface area (Å²) in [5, 5.41) is 17.7. The number of urea groups is 1. The number of piperazine rings is 2. The molecule has 0 saturated carbocycles. The fourth-order valence-electron chi connectivity index (χ4n) is 7.16. The number of halogens is 5. The van der Waals surface area contributed by atoms with Gasteiger partial charge >= 0.3 is 18.2 Å². The average Bonchev–Trinajstić information content (AvgIpc) is 3.82. The maximum absolute atomic E-state index is 14.7. The van der Waals surface area contributed by atoms with E-state index in [1.165, 1.54) is 36.5 Å².